The number of hydrogen-bond acceptors (Lipinski definition) is 5. The molecule has 81 heavy (non-hydrogen) atoms. The van der Waals surface area contributed by atoms with E-state index in [1.807, 2.05) is 0 Å². The number of esters is 1. The molecule has 0 aromatic rings. The lowest BCUT2D eigenvalue weighted by atomic mass is 10.0. The number of carbonyl (C=O) groups excluding carboxylic acids is 2. The van der Waals surface area contributed by atoms with Gasteiger partial charge >= 0.3 is 5.97 Å². The standard InChI is InChI=1S/C75H149NO5/c1-3-5-7-9-11-13-15-17-18-19-35-38-41-44-47-51-55-59-63-67-73(78)72(71-77)76-74(79)68-64-60-56-52-48-45-42-39-36-33-31-29-27-25-23-21-20-22-24-26-28-30-32-34-37-40-43-46-50-54-58-62-66-70-81-75(80)69-65-61-57-53-49-16-14-12-10-8-6-4-2/h72-73,77-78H,3-71H2,1-2H3,(H,76,79). The molecule has 0 rings (SSSR count). The van der Waals surface area contributed by atoms with Crippen molar-refractivity contribution in [1.29, 1.82) is 0 Å². The van der Waals surface area contributed by atoms with Crippen molar-refractivity contribution >= 4 is 11.9 Å². The molecule has 0 aromatic carbocycles. The van der Waals surface area contributed by atoms with Gasteiger partial charge in [-0.25, -0.2) is 0 Å². The lowest BCUT2D eigenvalue weighted by molar-refractivity contribution is -0.143. The van der Waals surface area contributed by atoms with E-state index in [9.17, 15) is 19.8 Å². The zero-order chi connectivity index (χ0) is 58.5. The van der Waals surface area contributed by atoms with Gasteiger partial charge in [0.05, 0.1) is 25.4 Å². The smallest absolute Gasteiger partial charge is 0.305 e. The summed E-state index contributed by atoms with van der Waals surface area (Å²) >= 11 is 0. The number of carbonyl (C=O) groups is 2. The van der Waals surface area contributed by atoms with E-state index in [2.05, 4.69) is 19.2 Å². The molecule has 0 radical (unpaired) electrons. The largest absolute Gasteiger partial charge is 0.466 e. The Morgan fingerprint density at radius 1 is 0.296 bits per heavy atom. The van der Waals surface area contributed by atoms with Gasteiger partial charge < -0.3 is 20.3 Å². The fourth-order valence-corrected chi connectivity index (χ4v) is 12.4. The summed E-state index contributed by atoms with van der Waals surface area (Å²) in [5.74, 6) is -0.00113. The molecular formula is C75H149NO5. The molecule has 0 aromatic heterocycles. The quantitative estimate of drug-likeness (QED) is 0.0417. The number of aliphatic hydroxyl groups excluding tert-OH is 2. The maximum Gasteiger partial charge on any atom is 0.305 e. The minimum Gasteiger partial charge on any atom is -0.466 e. The van der Waals surface area contributed by atoms with E-state index >= 15 is 0 Å². The topological polar surface area (TPSA) is 95.9 Å². The molecule has 0 bridgehead atoms. The summed E-state index contributed by atoms with van der Waals surface area (Å²) < 4.78 is 5.49. The SMILES string of the molecule is CCCCCCCCCCCCCCCCCCCCCC(O)C(CO)NC(=O)CCCCCCCCCCCCCCCCCCCCCCCCCCCCCCCCCCCOC(=O)CCCCCCCCCCCCCC. The third-order valence-corrected chi connectivity index (χ3v) is 18.2. The predicted molar refractivity (Wildman–Crippen MR) is 357 cm³/mol. The first-order valence-corrected chi connectivity index (χ1v) is 37.8. The van der Waals surface area contributed by atoms with Gasteiger partial charge in [0.25, 0.3) is 0 Å². The zero-order valence-electron chi connectivity index (χ0n) is 55.6. The fraction of sp³-hybridized carbons (Fsp3) is 0.973. The van der Waals surface area contributed by atoms with Crippen LogP contribution in [0, 0.1) is 0 Å². The molecule has 0 aliphatic heterocycles. The molecule has 1 amide bonds. The van der Waals surface area contributed by atoms with Crippen LogP contribution < -0.4 is 5.32 Å². The van der Waals surface area contributed by atoms with Crippen molar-refractivity contribution in [2.45, 2.75) is 456 Å². The van der Waals surface area contributed by atoms with Gasteiger partial charge in [0.2, 0.25) is 5.91 Å². The normalized spacial score (nSPS) is 12.4. The first-order valence-electron chi connectivity index (χ1n) is 37.8. The Morgan fingerprint density at radius 2 is 0.506 bits per heavy atom. The van der Waals surface area contributed by atoms with Gasteiger partial charge in [0.15, 0.2) is 0 Å². The van der Waals surface area contributed by atoms with Crippen LogP contribution in [0.15, 0.2) is 0 Å². The third kappa shape index (κ3) is 67.9. The van der Waals surface area contributed by atoms with Gasteiger partial charge in [0.1, 0.15) is 0 Å². The minimum absolute atomic E-state index is 0.0237. The first-order chi connectivity index (χ1) is 40.0. The number of unbranched alkanes of at least 4 members (excludes halogenated alkanes) is 61. The lowest BCUT2D eigenvalue weighted by Crippen LogP contribution is -2.45. The van der Waals surface area contributed by atoms with Crippen LogP contribution in [0.2, 0.25) is 0 Å². The molecule has 484 valence electrons. The zero-order valence-corrected chi connectivity index (χ0v) is 55.6. The highest BCUT2D eigenvalue weighted by molar-refractivity contribution is 5.76. The van der Waals surface area contributed by atoms with E-state index in [1.165, 1.54) is 372 Å². The maximum atomic E-state index is 12.5. The van der Waals surface area contributed by atoms with E-state index < -0.39 is 12.1 Å². The molecule has 0 aliphatic rings. The highest BCUT2D eigenvalue weighted by atomic mass is 16.5. The van der Waals surface area contributed by atoms with Crippen LogP contribution in [0.5, 0.6) is 0 Å². The molecule has 0 saturated heterocycles. The van der Waals surface area contributed by atoms with Crippen molar-refractivity contribution < 1.29 is 24.5 Å². The molecule has 0 spiro atoms. The molecule has 2 unspecified atom stereocenters. The first kappa shape index (κ1) is 79.9. The number of hydrogen-bond donors (Lipinski definition) is 3. The van der Waals surface area contributed by atoms with Gasteiger partial charge in [0, 0.05) is 12.8 Å². The molecule has 0 heterocycles. The highest BCUT2D eigenvalue weighted by Crippen LogP contribution is 2.20. The Labute approximate surface area is 508 Å². The second-order valence-corrected chi connectivity index (χ2v) is 26.4. The monoisotopic (exact) mass is 1140 g/mol. The van der Waals surface area contributed by atoms with E-state index in [1.54, 1.807) is 0 Å². The Morgan fingerprint density at radius 3 is 0.753 bits per heavy atom. The van der Waals surface area contributed by atoms with Gasteiger partial charge in [-0.3, -0.25) is 9.59 Å². The highest BCUT2D eigenvalue weighted by Gasteiger charge is 2.20. The summed E-state index contributed by atoms with van der Waals surface area (Å²) in [4.78, 5) is 24.6. The van der Waals surface area contributed by atoms with Crippen LogP contribution in [0.25, 0.3) is 0 Å². The minimum atomic E-state index is -0.660. The van der Waals surface area contributed by atoms with Crippen LogP contribution in [-0.4, -0.2) is 47.4 Å². The molecule has 0 aliphatic carbocycles. The maximum absolute atomic E-state index is 12.5. The number of aliphatic hydroxyl groups is 2. The summed E-state index contributed by atoms with van der Waals surface area (Å²) in [6.45, 7) is 5.01. The Balaban J connectivity index is 3.31. The summed E-state index contributed by atoms with van der Waals surface area (Å²) in [6, 6.07) is -0.537. The fourth-order valence-electron chi connectivity index (χ4n) is 12.4. The van der Waals surface area contributed by atoms with Gasteiger partial charge in [-0.05, 0) is 25.7 Å². The van der Waals surface area contributed by atoms with Crippen LogP contribution >= 0.6 is 0 Å². The van der Waals surface area contributed by atoms with E-state index in [0.29, 0.717) is 25.9 Å². The van der Waals surface area contributed by atoms with Gasteiger partial charge in [-0.1, -0.05) is 406 Å². The summed E-state index contributed by atoms with van der Waals surface area (Å²) in [5, 5.41) is 23.4. The molecule has 6 heteroatoms. The van der Waals surface area contributed by atoms with Crippen molar-refractivity contribution in [3.8, 4) is 0 Å². The molecule has 0 saturated carbocycles. The second-order valence-electron chi connectivity index (χ2n) is 26.4. The van der Waals surface area contributed by atoms with Crippen LogP contribution in [0.3, 0.4) is 0 Å². The average Bonchev–Trinajstić information content (AvgIpc) is 3.47. The van der Waals surface area contributed by atoms with Crippen molar-refractivity contribution in [3.63, 3.8) is 0 Å². The number of amides is 1. The van der Waals surface area contributed by atoms with Gasteiger partial charge in [-0.15, -0.1) is 0 Å². The van der Waals surface area contributed by atoms with Crippen molar-refractivity contribution in [1.82, 2.24) is 5.32 Å². The summed E-state index contributed by atoms with van der Waals surface area (Å²) in [6.07, 6.45) is 87.5. The summed E-state index contributed by atoms with van der Waals surface area (Å²) in [5.41, 5.74) is 0. The van der Waals surface area contributed by atoms with E-state index in [4.69, 9.17) is 4.74 Å². The van der Waals surface area contributed by atoms with Crippen LogP contribution in [0.4, 0.5) is 0 Å². The summed E-state index contributed by atoms with van der Waals surface area (Å²) in [7, 11) is 0. The predicted octanol–water partition coefficient (Wildman–Crippen LogP) is 24.5. The Kier molecular flexibility index (Phi) is 70.3. The van der Waals surface area contributed by atoms with Crippen molar-refractivity contribution in [2.24, 2.45) is 0 Å². The van der Waals surface area contributed by atoms with Gasteiger partial charge in [-0.2, -0.15) is 0 Å². The third-order valence-electron chi connectivity index (χ3n) is 18.2. The second kappa shape index (κ2) is 71.3. The molecule has 6 nitrogen and oxygen atoms in total. The Hall–Kier alpha value is -1.14. The Bertz CT molecular complexity index is 1180. The molecule has 0 fully saturated rings. The van der Waals surface area contributed by atoms with Crippen molar-refractivity contribution in [2.75, 3.05) is 13.2 Å². The van der Waals surface area contributed by atoms with Crippen LogP contribution in [-0.2, 0) is 14.3 Å². The van der Waals surface area contributed by atoms with E-state index in [-0.39, 0.29) is 18.5 Å². The number of ether oxygens (including phenoxy) is 1. The van der Waals surface area contributed by atoms with Crippen molar-refractivity contribution in [3.05, 3.63) is 0 Å². The molecule has 3 N–H and O–H groups in total. The molecular weight excluding hydrogens is 995 g/mol. The molecule has 2 atom stereocenters. The number of nitrogens with one attached hydrogen (secondary N) is 1. The van der Waals surface area contributed by atoms with E-state index in [0.717, 1.165) is 38.5 Å². The van der Waals surface area contributed by atoms with Crippen LogP contribution in [0.1, 0.15) is 444 Å². The average molecular weight is 1150 g/mol. The lowest BCUT2D eigenvalue weighted by Gasteiger charge is -2.22. The number of rotatable bonds is 72.